The minimum absolute atomic E-state index is 0.0320. The molecule has 0 saturated heterocycles. The minimum atomic E-state index is -0.279. The lowest BCUT2D eigenvalue weighted by Gasteiger charge is -2.15. The highest BCUT2D eigenvalue weighted by Gasteiger charge is 2.07. The van der Waals surface area contributed by atoms with Crippen LogP contribution in [0.4, 0.5) is 4.39 Å². The van der Waals surface area contributed by atoms with E-state index in [0.717, 1.165) is 29.8 Å². The van der Waals surface area contributed by atoms with E-state index in [9.17, 15) is 9.18 Å². The monoisotopic (exact) mass is 290 g/mol. The molecule has 1 heterocycles. The van der Waals surface area contributed by atoms with Crippen LogP contribution >= 0.6 is 0 Å². The van der Waals surface area contributed by atoms with Crippen molar-refractivity contribution in [3.63, 3.8) is 0 Å². The topological polar surface area (TPSA) is 75.0 Å². The van der Waals surface area contributed by atoms with Gasteiger partial charge in [-0.2, -0.15) is 5.10 Å². The van der Waals surface area contributed by atoms with Crippen LogP contribution in [0.1, 0.15) is 12.1 Å². The van der Waals surface area contributed by atoms with Gasteiger partial charge in [0, 0.05) is 24.8 Å². The van der Waals surface area contributed by atoms with Crippen molar-refractivity contribution < 1.29 is 9.18 Å². The van der Waals surface area contributed by atoms with Gasteiger partial charge in [-0.25, -0.2) is 4.39 Å². The Bertz CT molecular complexity index is 611. The van der Waals surface area contributed by atoms with Crippen LogP contribution in [0, 0.1) is 5.82 Å². The van der Waals surface area contributed by atoms with Gasteiger partial charge in [-0.3, -0.25) is 9.89 Å². The second-order valence-corrected chi connectivity index (χ2v) is 4.91. The summed E-state index contributed by atoms with van der Waals surface area (Å²) in [5.74, 6) is -0.348. The molecule has 0 bridgehead atoms. The minimum Gasteiger partial charge on any atom is -0.345 e. The fourth-order valence-electron chi connectivity index (χ4n) is 2.07. The average Bonchev–Trinajstić information content (AvgIpc) is 2.95. The normalized spacial score (nSPS) is 10.6. The molecule has 6 heteroatoms. The van der Waals surface area contributed by atoms with Crippen molar-refractivity contribution in [2.45, 2.75) is 12.8 Å². The van der Waals surface area contributed by atoms with Gasteiger partial charge in [0.1, 0.15) is 5.82 Å². The lowest BCUT2D eigenvalue weighted by Crippen LogP contribution is -2.33. The van der Waals surface area contributed by atoms with Crippen molar-refractivity contribution in [3.05, 3.63) is 41.8 Å². The van der Waals surface area contributed by atoms with E-state index in [4.69, 9.17) is 5.73 Å². The molecule has 0 unspecified atom stereocenters. The predicted molar refractivity (Wildman–Crippen MR) is 79.0 cm³/mol. The largest absolute Gasteiger partial charge is 0.345 e. The highest BCUT2D eigenvalue weighted by atomic mass is 19.1. The van der Waals surface area contributed by atoms with Crippen molar-refractivity contribution in [1.82, 2.24) is 15.1 Å². The quantitative estimate of drug-likeness (QED) is 0.848. The molecule has 5 nitrogen and oxygen atoms in total. The Hall–Kier alpha value is -2.21. The second kappa shape index (κ2) is 6.99. The molecule has 1 amide bonds. The first kappa shape index (κ1) is 15.2. The summed E-state index contributed by atoms with van der Waals surface area (Å²) in [7, 11) is 1.74. The Labute approximate surface area is 123 Å². The molecule has 0 aliphatic heterocycles. The summed E-state index contributed by atoms with van der Waals surface area (Å²) in [5, 5.41) is 7.12. The summed E-state index contributed by atoms with van der Waals surface area (Å²) in [5.41, 5.74) is 7.72. The molecule has 3 N–H and O–H groups in total. The molecule has 0 aliphatic carbocycles. The van der Waals surface area contributed by atoms with Gasteiger partial charge in [-0.05, 0) is 31.0 Å². The number of carbonyl (C=O) groups excluding carboxylic acids is 1. The zero-order valence-corrected chi connectivity index (χ0v) is 12.0. The summed E-state index contributed by atoms with van der Waals surface area (Å²) in [6.45, 7) is 0.675. The van der Waals surface area contributed by atoms with Crippen LogP contribution in [0.5, 0.6) is 0 Å². The first-order valence-electron chi connectivity index (χ1n) is 6.84. The summed E-state index contributed by atoms with van der Waals surface area (Å²) >= 11 is 0. The number of aromatic amines is 1. The molecule has 2 rings (SSSR count). The zero-order valence-electron chi connectivity index (χ0n) is 12.0. The molecule has 2 aromatic rings. The lowest BCUT2D eigenvalue weighted by atomic mass is 10.1. The fourth-order valence-corrected chi connectivity index (χ4v) is 2.07. The molecule has 1 aromatic heterocycles. The van der Waals surface area contributed by atoms with Gasteiger partial charge in [0.15, 0.2) is 0 Å². The average molecular weight is 290 g/mol. The number of hydrogen-bond donors (Lipinski definition) is 2. The molecular formula is C15H19FN4O. The van der Waals surface area contributed by atoms with Crippen molar-refractivity contribution >= 4 is 5.91 Å². The maximum atomic E-state index is 13.2. The van der Waals surface area contributed by atoms with Crippen LogP contribution in [-0.2, 0) is 11.2 Å². The van der Waals surface area contributed by atoms with Gasteiger partial charge in [0.05, 0.1) is 12.2 Å². The maximum absolute atomic E-state index is 13.2. The molecule has 0 aliphatic rings. The van der Waals surface area contributed by atoms with E-state index in [-0.39, 0.29) is 18.3 Å². The fraction of sp³-hybridized carbons (Fsp3) is 0.333. The molecule has 0 radical (unpaired) electrons. The highest BCUT2D eigenvalue weighted by Crippen LogP contribution is 2.19. The van der Waals surface area contributed by atoms with Crippen LogP contribution in [0.15, 0.2) is 30.3 Å². The summed E-state index contributed by atoms with van der Waals surface area (Å²) in [4.78, 5) is 12.9. The smallest absolute Gasteiger partial charge is 0.236 e. The number of rotatable bonds is 6. The van der Waals surface area contributed by atoms with E-state index in [2.05, 4.69) is 10.2 Å². The number of nitrogens with two attached hydrogens (primary N) is 1. The molecule has 1 aromatic carbocycles. The van der Waals surface area contributed by atoms with Gasteiger partial charge in [-0.1, -0.05) is 12.1 Å². The number of nitrogens with zero attached hydrogens (tertiary/aromatic N) is 2. The molecular weight excluding hydrogens is 271 g/mol. The van der Waals surface area contributed by atoms with Gasteiger partial charge < -0.3 is 10.6 Å². The van der Waals surface area contributed by atoms with Crippen LogP contribution < -0.4 is 5.73 Å². The van der Waals surface area contributed by atoms with Crippen LogP contribution in [0.3, 0.4) is 0 Å². The maximum Gasteiger partial charge on any atom is 0.236 e. The second-order valence-electron chi connectivity index (χ2n) is 4.91. The molecule has 0 spiro atoms. The standard InChI is InChI=1S/C15H19FN4O/c1-20(15(21)10-17)7-3-6-13-9-14(19-18-13)11-4-2-5-12(16)8-11/h2,4-5,8-9H,3,6-7,10,17H2,1H3,(H,18,19). The summed E-state index contributed by atoms with van der Waals surface area (Å²) in [6, 6.07) is 8.23. The summed E-state index contributed by atoms with van der Waals surface area (Å²) in [6.07, 6.45) is 1.58. The molecule has 0 fully saturated rings. The molecule has 0 atom stereocenters. The number of carbonyl (C=O) groups is 1. The van der Waals surface area contributed by atoms with Crippen LogP contribution in [0.2, 0.25) is 0 Å². The molecule has 0 saturated carbocycles. The number of halogens is 1. The third-order valence-corrected chi connectivity index (χ3v) is 3.29. The van der Waals surface area contributed by atoms with Gasteiger partial charge >= 0.3 is 0 Å². The van der Waals surface area contributed by atoms with Gasteiger partial charge in [0.25, 0.3) is 0 Å². The number of likely N-dealkylation sites (N-methyl/N-ethyl adjacent to an activating group) is 1. The Morgan fingerprint density at radius 3 is 2.95 bits per heavy atom. The van der Waals surface area contributed by atoms with Crippen molar-refractivity contribution in [2.75, 3.05) is 20.1 Å². The van der Waals surface area contributed by atoms with Crippen molar-refractivity contribution in [1.29, 1.82) is 0 Å². The van der Waals surface area contributed by atoms with Crippen LogP contribution in [-0.4, -0.2) is 41.1 Å². The van der Waals surface area contributed by atoms with E-state index < -0.39 is 0 Å². The Kier molecular flexibility index (Phi) is 5.05. The van der Waals surface area contributed by atoms with Crippen molar-refractivity contribution in [3.8, 4) is 11.3 Å². The van der Waals surface area contributed by atoms with Gasteiger partial charge in [-0.15, -0.1) is 0 Å². The number of aryl methyl sites for hydroxylation is 1. The van der Waals surface area contributed by atoms with E-state index in [1.807, 2.05) is 12.1 Å². The summed E-state index contributed by atoms with van der Waals surface area (Å²) < 4.78 is 13.2. The van der Waals surface area contributed by atoms with E-state index in [0.29, 0.717) is 6.54 Å². The Morgan fingerprint density at radius 2 is 2.24 bits per heavy atom. The van der Waals surface area contributed by atoms with E-state index in [1.165, 1.54) is 12.1 Å². The van der Waals surface area contributed by atoms with E-state index in [1.54, 1.807) is 18.0 Å². The third kappa shape index (κ3) is 4.13. The number of nitrogens with one attached hydrogen (secondary N) is 1. The number of aromatic nitrogens is 2. The highest BCUT2D eigenvalue weighted by molar-refractivity contribution is 5.77. The Morgan fingerprint density at radius 1 is 1.43 bits per heavy atom. The number of H-pyrrole nitrogens is 1. The zero-order chi connectivity index (χ0) is 15.2. The first-order valence-corrected chi connectivity index (χ1v) is 6.84. The first-order chi connectivity index (χ1) is 10.1. The third-order valence-electron chi connectivity index (χ3n) is 3.29. The predicted octanol–water partition coefficient (Wildman–Crippen LogP) is 1.57. The lowest BCUT2D eigenvalue weighted by molar-refractivity contribution is -0.128. The number of hydrogen-bond acceptors (Lipinski definition) is 3. The number of benzene rings is 1. The van der Waals surface area contributed by atoms with Crippen LogP contribution in [0.25, 0.3) is 11.3 Å². The van der Waals surface area contributed by atoms with Crippen molar-refractivity contribution in [2.24, 2.45) is 5.73 Å². The number of amides is 1. The SMILES string of the molecule is CN(CCCc1cc(-c2cccc(F)c2)n[nH]1)C(=O)CN. The van der Waals surface area contributed by atoms with E-state index >= 15 is 0 Å². The molecule has 112 valence electrons. The Balaban J connectivity index is 1.90. The molecule has 21 heavy (non-hydrogen) atoms. The van der Waals surface area contributed by atoms with Gasteiger partial charge in [0.2, 0.25) is 5.91 Å².